The van der Waals surface area contributed by atoms with Crippen LogP contribution in [0.15, 0.2) is 24.3 Å². The molecule has 26 heavy (non-hydrogen) atoms. The summed E-state index contributed by atoms with van der Waals surface area (Å²) in [6.07, 6.45) is 1.29. The van der Waals surface area contributed by atoms with Crippen LogP contribution in [0.1, 0.15) is 17.7 Å². The number of fused-ring (bicyclic) bond motifs is 1. The Morgan fingerprint density at radius 3 is 2.58 bits per heavy atom. The fourth-order valence-electron chi connectivity index (χ4n) is 3.97. The highest BCUT2D eigenvalue weighted by molar-refractivity contribution is 6.32. The number of nitrogens with one attached hydrogen (secondary N) is 1. The molecule has 0 spiro atoms. The van der Waals surface area contributed by atoms with E-state index >= 15 is 0 Å². The lowest BCUT2D eigenvalue weighted by atomic mass is 10.1. The van der Waals surface area contributed by atoms with Crippen molar-refractivity contribution >= 4 is 47.3 Å². The molecular weight excluding hydrogens is 391 g/mol. The van der Waals surface area contributed by atoms with Gasteiger partial charge in [-0.05, 0) is 31.5 Å². The summed E-state index contributed by atoms with van der Waals surface area (Å²) in [6, 6.07) is 9.00. The molecule has 1 N–H and O–H groups in total. The fourth-order valence-corrected chi connectivity index (χ4v) is 4.18. The Hall–Kier alpha value is -0.620. The number of para-hydroxylation sites is 1. The molecule has 4 rings (SSSR count). The molecule has 1 unspecified atom stereocenters. The Labute approximate surface area is 173 Å². The van der Waals surface area contributed by atoms with Gasteiger partial charge in [-0.2, -0.15) is 0 Å². The van der Waals surface area contributed by atoms with Crippen LogP contribution < -0.4 is 5.32 Å². The van der Waals surface area contributed by atoms with Gasteiger partial charge in [0.05, 0.1) is 16.2 Å². The molecule has 0 aliphatic carbocycles. The molecule has 2 aliphatic rings. The van der Waals surface area contributed by atoms with Crippen molar-refractivity contribution in [2.24, 2.45) is 0 Å². The Morgan fingerprint density at radius 1 is 1.15 bits per heavy atom. The molecule has 1 atom stereocenters. The summed E-state index contributed by atoms with van der Waals surface area (Å²) < 4.78 is 0. The minimum atomic E-state index is 0. The topological polar surface area (TPSA) is 31.4 Å². The predicted molar refractivity (Wildman–Crippen MR) is 114 cm³/mol. The average Bonchev–Trinajstić information content (AvgIpc) is 3.15. The SMILES string of the molecule is Cc1c(Cl)c(CN2CCN(C3CCNC3)CC2)nc2ccccc12.Cl.Cl. The van der Waals surface area contributed by atoms with Crippen LogP contribution in [0.5, 0.6) is 0 Å². The van der Waals surface area contributed by atoms with Crippen molar-refractivity contribution in [1.82, 2.24) is 20.1 Å². The molecule has 0 saturated carbocycles. The van der Waals surface area contributed by atoms with Gasteiger partial charge >= 0.3 is 0 Å². The first-order chi connectivity index (χ1) is 11.7. The molecule has 2 aromatic rings. The molecule has 2 saturated heterocycles. The highest BCUT2D eigenvalue weighted by atomic mass is 35.5. The normalized spacial score (nSPS) is 21.4. The van der Waals surface area contributed by atoms with Crippen LogP contribution in [0, 0.1) is 6.92 Å². The van der Waals surface area contributed by atoms with E-state index < -0.39 is 0 Å². The number of aromatic nitrogens is 1. The molecule has 3 heterocycles. The summed E-state index contributed by atoms with van der Waals surface area (Å²) in [4.78, 5) is 9.95. The van der Waals surface area contributed by atoms with Crippen molar-refractivity contribution in [3.05, 3.63) is 40.5 Å². The second-order valence-electron chi connectivity index (χ2n) is 6.97. The molecule has 2 fully saturated rings. The highest BCUT2D eigenvalue weighted by Crippen LogP contribution is 2.28. The van der Waals surface area contributed by atoms with E-state index in [4.69, 9.17) is 16.6 Å². The summed E-state index contributed by atoms with van der Waals surface area (Å²) in [6.45, 7) is 9.76. The molecule has 2 aliphatic heterocycles. The molecule has 1 aromatic heterocycles. The maximum Gasteiger partial charge on any atom is 0.0740 e. The van der Waals surface area contributed by atoms with Gasteiger partial charge in [-0.25, -0.2) is 4.98 Å². The second-order valence-corrected chi connectivity index (χ2v) is 7.35. The maximum absolute atomic E-state index is 6.62. The molecule has 0 bridgehead atoms. The van der Waals surface area contributed by atoms with Crippen LogP contribution in [0.4, 0.5) is 0 Å². The number of halogens is 3. The number of rotatable bonds is 3. The van der Waals surface area contributed by atoms with E-state index in [1.807, 2.05) is 12.1 Å². The Kier molecular flexibility index (Phi) is 7.95. The zero-order valence-corrected chi connectivity index (χ0v) is 17.5. The summed E-state index contributed by atoms with van der Waals surface area (Å²) in [7, 11) is 0. The number of pyridine rings is 1. The first-order valence-corrected chi connectivity index (χ1v) is 9.31. The lowest BCUT2D eigenvalue weighted by Crippen LogP contribution is -2.50. The number of hydrogen-bond acceptors (Lipinski definition) is 4. The largest absolute Gasteiger partial charge is 0.315 e. The summed E-state index contributed by atoms with van der Waals surface area (Å²) in [5.74, 6) is 0. The van der Waals surface area contributed by atoms with E-state index in [0.717, 1.165) is 72.5 Å². The van der Waals surface area contributed by atoms with Gasteiger partial charge in [0, 0.05) is 50.7 Å². The first-order valence-electron chi connectivity index (χ1n) is 8.93. The third-order valence-corrected chi connectivity index (χ3v) is 5.98. The Bertz CT molecular complexity index is 726. The van der Waals surface area contributed by atoms with Crippen LogP contribution in [0.25, 0.3) is 10.9 Å². The van der Waals surface area contributed by atoms with Gasteiger partial charge in [-0.1, -0.05) is 29.8 Å². The van der Waals surface area contributed by atoms with Gasteiger partial charge in [-0.15, -0.1) is 24.8 Å². The van der Waals surface area contributed by atoms with E-state index in [1.54, 1.807) is 0 Å². The summed E-state index contributed by atoms with van der Waals surface area (Å²) in [5.41, 5.74) is 3.21. The van der Waals surface area contributed by atoms with E-state index in [0.29, 0.717) is 0 Å². The molecular formula is C19H27Cl3N4. The molecule has 144 valence electrons. The van der Waals surface area contributed by atoms with Gasteiger partial charge in [0.15, 0.2) is 0 Å². The van der Waals surface area contributed by atoms with Crippen molar-refractivity contribution in [2.45, 2.75) is 25.9 Å². The zero-order valence-electron chi connectivity index (χ0n) is 15.1. The van der Waals surface area contributed by atoms with E-state index in [1.165, 1.54) is 13.0 Å². The van der Waals surface area contributed by atoms with Crippen molar-refractivity contribution in [2.75, 3.05) is 39.3 Å². The van der Waals surface area contributed by atoms with Crippen LogP contribution in [0.3, 0.4) is 0 Å². The summed E-state index contributed by atoms with van der Waals surface area (Å²) in [5, 5.41) is 5.46. The third-order valence-electron chi connectivity index (χ3n) is 5.48. The van der Waals surface area contributed by atoms with Crippen LogP contribution in [-0.4, -0.2) is 60.1 Å². The molecule has 7 heteroatoms. The van der Waals surface area contributed by atoms with Crippen LogP contribution in [-0.2, 0) is 6.54 Å². The minimum absolute atomic E-state index is 0. The van der Waals surface area contributed by atoms with Crippen LogP contribution in [0.2, 0.25) is 5.02 Å². The van der Waals surface area contributed by atoms with Gasteiger partial charge in [0.2, 0.25) is 0 Å². The van der Waals surface area contributed by atoms with Gasteiger partial charge in [0.25, 0.3) is 0 Å². The summed E-state index contributed by atoms with van der Waals surface area (Å²) >= 11 is 6.62. The van der Waals surface area contributed by atoms with Crippen molar-refractivity contribution in [3.8, 4) is 0 Å². The lowest BCUT2D eigenvalue weighted by Gasteiger charge is -2.37. The van der Waals surface area contributed by atoms with Gasteiger partial charge < -0.3 is 5.32 Å². The number of nitrogens with zero attached hydrogens (tertiary/aromatic N) is 3. The maximum atomic E-state index is 6.62. The number of piperazine rings is 1. The van der Waals surface area contributed by atoms with Crippen LogP contribution >= 0.6 is 36.4 Å². The molecule has 1 aromatic carbocycles. The van der Waals surface area contributed by atoms with Crippen molar-refractivity contribution < 1.29 is 0 Å². The average molecular weight is 418 g/mol. The number of aryl methyl sites for hydroxylation is 1. The quantitative estimate of drug-likeness (QED) is 0.828. The molecule has 4 nitrogen and oxygen atoms in total. The number of benzene rings is 1. The monoisotopic (exact) mass is 416 g/mol. The smallest absolute Gasteiger partial charge is 0.0740 e. The Balaban J connectivity index is 0.00000121. The fraction of sp³-hybridized carbons (Fsp3) is 0.526. The lowest BCUT2D eigenvalue weighted by molar-refractivity contribution is 0.0974. The Morgan fingerprint density at radius 2 is 1.88 bits per heavy atom. The van der Waals surface area contributed by atoms with E-state index in [9.17, 15) is 0 Å². The predicted octanol–water partition coefficient (Wildman–Crippen LogP) is 3.52. The van der Waals surface area contributed by atoms with Gasteiger partial charge in [-0.3, -0.25) is 9.80 Å². The second kappa shape index (κ2) is 9.54. The molecule has 0 radical (unpaired) electrons. The van der Waals surface area contributed by atoms with E-state index in [-0.39, 0.29) is 24.8 Å². The minimum Gasteiger partial charge on any atom is -0.315 e. The number of hydrogen-bond donors (Lipinski definition) is 1. The molecule has 0 amide bonds. The zero-order chi connectivity index (χ0) is 16.5. The first kappa shape index (κ1) is 21.7. The van der Waals surface area contributed by atoms with E-state index in [2.05, 4.69) is 34.2 Å². The van der Waals surface area contributed by atoms with Crippen molar-refractivity contribution in [1.29, 1.82) is 0 Å². The van der Waals surface area contributed by atoms with Gasteiger partial charge in [0.1, 0.15) is 0 Å². The van der Waals surface area contributed by atoms with Crippen molar-refractivity contribution in [3.63, 3.8) is 0 Å². The standard InChI is InChI=1S/C19H25ClN4.2ClH/c1-14-16-4-2-3-5-17(16)22-18(19(14)20)13-23-8-10-24(11-9-23)15-6-7-21-12-15;;/h2-5,15,21H,6-13H2,1H3;2*1H. The highest BCUT2D eigenvalue weighted by Gasteiger charge is 2.26. The third kappa shape index (κ3) is 4.44.